The topological polar surface area (TPSA) is 66.9 Å². The lowest BCUT2D eigenvalue weighted by Gasteiger charge is -2.21. The van der Waals surface area contributed by atoms with Crippen LogP contribution >= 0.6 is 23.2 Å². The monoisotopic (exact) mass is 460 g/mol. The third kappa shape index (κ3) is 4.33. The maximum atomic E-state index is 13.1. The number of hydrogen-bond acceptors (Lipinski definition) is 4. The minimum atomic E-state index is -0.377. The largest absolute Gasteiger partial charge is 0.376 e. The van der Waals surface area contributed by atoms with E-state index >= 15 is 0 Å². The Morgan fingerprint density at radius 2 is 1.87 bits per heavy atom. The fourth-order valence-electron chi connectivity index (χ4n) is 3.95. The minimum absolute atomic E-state index is 0.120. The molecule has 0 aliphatic carbocycles. The molecular weight excluding hydrogens is 439 g/mol. The lowest BCUT2D eigenvalue weighted by atomic mass is 10.0. The van der Waals surface area contributed by atoms with Gasteiger partial charge < -0.3 is 9.64 Å². The third-order valence-electron chi connectivity index (χ3n) is 5.65. The summed E-state index contributed by atoms with van der Waals surface area (Å²) in [7, 11) is 0. The van der Waals surface area contributed by atoms with Crippen molar-refractivity contribution in [3.05, 3.63) is 68.7 Å². The van der Waals surface area contributed by atoms with E-state index < -0.39 is 0 Å². The van der Waals surface area contributed by atoms with E-state index in [1.165, 1.54) is 11.0 Å². The molecule has 4 rings (SSSR count). The predicted molar refractivity (Wildman–Crippen MR) is 118 cm³/mol. The minimum Gasteiger partial charge on any atom is -0.376 e. The van der Waals surface area contributed by atoms with Gasteiger partial charge in [0.2, 0.25) is 0 Å². The van der Waals surface area contributed by atoms with Crippen molar-refractivity contribution < 1.29 is 19.1 Å². The third-order valence-corrected chi connectivity index (χ3v) is 6.39. The predicted octanol–water partition coefficient (Wildman–Crippen LogP) is 4.43. The van der Waals surface area contributed by atoms with Gasteiger partial charge in [-0.2, -0.15) is 0 Å². The number of ether oxygens (including phenoxy) is 1. The van der Waals surface area contributed by atoms with Crippen LogP contribution in [0.1, 0.15) is 56.4 Å². The summed E-state index contributed by atoms with van der Waals surface area (Å²) in [6, 6.07) is 9.92. The zero-order valence-corrected chi connectivity index (χ0v) is 18.6. The van der Waals surface area contributed by atoms with Gasteiger partial charge in [0.05, 0.1) is 33.8 Å². The molecule has 0 radical (unpaired) electrons. The molecule has 1 saturated heterocycles. The molecule has 0 N–H and O–H groups in total. The zero-order chi connectivity index (χ0) is 22.1. The van der Waals surface area contributed by atoms with Crippen LogP contribution in [0.2, 0.25) is 10.0 Å². The van der Waals surface area contributed by atoms with Crippen LogP contribution < -0.4 is 0 Å². The van der Waals surface area contributed by atoms with Crippen molar-refractivity contribution >= 4 is 40.9 Å². The van der Waals surface area contributed by atoms with Crippen LogP contribution in [0.4, 0.5) is 0 Å². The Kier molecular flexibility index (Phi) is 6.32. The molecule has 2 heterocycles. The molecule has 1 atom stereocenters. The molecule has 1 unspecified atom stereocenters. The van der Waals surface area contributed by atoms with E-state index in [0.717, 1.165) is 18.4 Å². The lowest BCUT2D eigenvalue weighted by Crippen LogP contribution is -2.36. The van der Waals surface area contributed by atoms with Gasteiger partial charge in [-0.1, -0.05) is 29.3 Å². The smallest absolute Gasteiger partial charge is 0.261 e. The van der Waals surface area contributed by atoms with Gasteiger partial charge in [-0.15, -0.1) is 0 Å². The van der Waals surface area contributed by atoms with Crippen molar-refractivity contribution in [1.29, 1.82) is 0 Å². The summed E-state index contributed by atoms with van der Waals surface area (Å²) in [5, 5.41) is 0.879. The highest BCUT2D eigenvalue weighted by Crippen LogP contribution is 2.27. The number of fused-ring (bicyclic) bond motifs is 1. The van der Waals surface area contributed by atoms with Crippen LogP contribution in [0, 0.1) is 0 Å². The summed E-state index contributed by atoms with van der Waals surface area (Å²) in [6.45, 7) is 3.59. The van der Waals surface area contributed by atoms with E-state index in [-0.39, 0.29) is 35.9 Å². The van der Waals surface area contributed by atoms with Gasteiger partial charge in [-0.3, -0.25) is 19.3 Å². The summed E-state index contributed by atoms with van der Waals surface area (Å²) < 4.78 is 5.57. The second-order valence-corrected chi connectivity index (χ2v) is 8.50. The van der Waals surface area contributed by atoms with Crippen molar-refractivity contribution in [2.45, 2.75) is 32.4 Å². The number of amides is 3. The Labute approximate surface area is 190 Å². The first-order valence-electron chi connectivity index (χ1n) is 10.2. The molecule has 2 aromatic carbocycles. The molecule has 0 spiro atoms. The van der Waals surface area contributed by atoms with Crippen molar-refractivity contribution in [2.24, 2.45) is 0 Å². The Balaban J connectivity index is 1.53. The van der Waals surface area contributed by atoms with Gasteiger partial charge in [-0.05, 0) is 55.7 Å². The highest BCUT2D eigenvalue weighted by molar-refractivity contribution is 6.42. The first kappa shape index (κ1) is 21.8. The number of carbonyl (C=O) groups is 3. The SMILES string of the molecule is CCN(Cc1ccc(Cl)c(Cl)c1)C(=O)c1ccc2c(c1)C(=O)N(CC1CCCO1)C2=O. The Morgan fingerprint density at radius 1 is 1.10 bits per heavy atom. The fraction of sp³-hybridized carbons (Fsp3) is 0.348. The number of imide groups is 1. The summed E-state index contributed by atoms with van der Waals surface area (Å²) in [5.74, 6) is -0.940. The van der Waals surface area contributed by atoms with Gasteiger partial charge in [0.25, 0.3) is 17.7 Å². The zero-order valence-electron chi connectivity index (χ0n) is 17.1. The van der Waals surface area contributed by atoms with Gasteiger partial charge in [-0.25, -0.2) is 0 Å². The van der Waals surface area contributed by atoms with Crippen LogP contribution in [0.3, 0.4) is 0 Å². The van der Waals surface area contributed by atoms with Crippen LogP contribution in [-0.4, -0.2) is 53.3 Å². The normalized spacial score (nSPS) is 17.9. The van der Waals surface area contributed by atoms with Gasteiger partial charge in [0, 0.05) is 25.3 Å². The first-order chi connectivity index (χ1) is 14.9. The van der Waals surface area contributed by atoms with Gasteiger partial charge in [0.1, 0.15) is 0 Å². The standard InChI is InChI=1S/C23H22Cl2N2O4/c1-2-26(12-14-5-8-19(24)20(25)10-14)21(28)15-6-7-17-18(11-15)23(30)27(22(17)29)13-16-4-3-9-31-16/h5-8,10-11,16H,2-4,9,12-13H2,1H3. The summed E-state index contributed by atoms with van der Waals surface area (Å²) in [4.78, 5) is 41.6. The number of halogens is 2. The number of hydrogen-bond donors (Lipinski definition) is 0. The molecule has 2 aliphatic heterocycles. The van der Waals surface area contributed by atoms with Crippen LogP contribution in [0.15, 0.2) is 36.4 Å². The average Bonchev–Trinajstić information content (AvgIpc) is 3.37. The van der Waals surface area contributed by atoms with Gasteiger partial charge in [0.15, 0.2) is 0 Å². The van der Waals surface area contributed by atoms with E-state index in [4.69, 9.17) is 27.9 Å². The van der Waals surface area contributed by atoms with Crippen molar-refractivity contribution in [3.63, 3.8) is 0 Å². The number of carbonyl (C=O) groups excluding carboxylic acids is 3. The Morgan fingerprint density at radius 3 is 2.55 bits per heavy atom. The van der Waals surface area contributed by atoms with E-state index in [1.807, 2.05) is 13.0 Å². The van der Waals surface area contributed by atoms with Crippen LogP contribution in [0.5, 0.6) is 0 Å². The number of benzene rings is 2. The van der Waals surface area contributed by atoms with Crippen LogP contribution in [0.25, 0.3) is 0 Å². The molecule has 162 valence electrons. The molecule has 2 aromatic rings. The molecule has 1 fully saturated rings. The summed E-state index contributed by atoms with van der Waals surface area (Å²) in [6.07, 6.45) is 1.64. The Bertz CT molecular complexity index is 1050. The summed E-state index contributed by atoms with van der Waals surface area (Å²) in [5.41, 5.74) is 1.80. The lowest BCUT2D eigenvalue weighted by molar-refractivity contribution is 0.0475. The molecule has 2 aliphatic rings. The molecule has 0 saturated carbocycles. The molecule has 6 nitrogen and oxygen atoms in total. The van der Waals surface area contributed by atoms with Gasteiger partial charge >= 0.3 is 0 Å². The molecular formula is C23H22Cl2N2O4. The van der Waals surface area contributed by atoms with E-state index in [9.17, 15) is 14.4 Å². The molecule has 8 heteroatoms. The molecule has 0 bridgehead atoms. The average molecular weight is 461 g/mol. The molecule has 0 aromatic heterocycles. The maximum Gasteiger partial charge on any atom is 0.261 e. The fourth-order valence-corrected chi connectivity index (χ4v) is 4.27. The second kappa shape index (κ2) is 8.99. The van der Waals surface area contributed by atoms with E-state index in [1.54, 1.807) is 29.2 Å². The maximum absolute atomic E-state index is 13.1. The number of rotatable bonds is 6. The highest BCUT2D eigenvalue weighted by atomic mass is 35.5. The molecule has 31 heavy (non-hydrogen) atoms. The second-order valence-electron chi connectivity index (χ2n) is 7.68. The van der Waals surface area contributed by atoms with Crippen molar-refractivity contribution in [3.8, 4) is 0 Å². The van der Waals surface area contributed by atoms with E-state index in [2.05, 4.69) is 0 Å². The van der Waals surface area contributed by atoms with Crippen molar-refractivity contribution in [2.75, 3.05) is 19.7 Å². The Hall–Kier alpha value is -2.41. The highest BCUT2D eigenvalue weighted by Gasteiger charge is 2.38. The van der Waals surface area contributed by atoms with Crippen LogP contribution in [-0.2, 0) is 11.3 Å². The molecule has 3 amide bonds. The summed E-state index contributed by atoms with van der Waals surface area (Å²) >= 11 is 12.1. The quantitative estimate of drug-likeness (QED) is 0.597. The number of nitrogens with zero attached hydrogens (tertiary/aromatic N) is 2. The van der Waals surface area contributed by atoms with Crippen molar-refractivity contribution in [1.82, 2.24) is 9.80 Å². The van der Waals surface area contributed by atoms with E-state index in [0.29, 0.717) is 40.9 Å². The first-order valence-corrected chi connectivity index (χ1v) is 11.0.